The average molecular weight is 950 g/mol. The quantitative estimate of drug-likeness (QED) is 0.0262. The van der Waals surface area contributed by atoms with Crippen LogP contribution >= 0.6 is 0 Å². The highest BCUT2D eigenvalue weighted by molar-refractivity contribution is 5.71. The lowest BCUT2D eigenvalue weighted by Crippen LogP contribution is -2.30. The Balaban J connectivity index is 4.40. The zero-order valence-corrected chi connectivity index (χ0v) is 44.9. The van der Waals surface area contributed by atoms with Gasteiger partial charge in [0.2, 0.25) is 0 Å². The summed E-state index contributed by atoms with van der Waals surface area (Å²) in [5.41, 5.74) is 0. The van der Waals surface area contributed by atoms with Gasteiger partial charge < -0.3 is 14.2 Å². The van der Waals surface area contributed by atoms with E-state index < -0.39 is 6.10 Å². The van der Waals surface area contributed by atoms with E-state index in [1.807, 2.05) is 0 Å². The lowest BCUT2D eigenvalue weighted by Gasteiger charge is -2.18. The van der Waals surface area contributed by atoms with Gasteiger partial charge in [0.25, 0.3) is 0 Å². The van der Waals surface area contributed by atoms with Gasteiger partial charge in [-0.25, -0.2) is 0 Å². The largest absolute Gasteiger partial charge is 0.462 e. The lowest BCUT2D eigenvalue weighted by molar-refractivity contribution is -0.167. The number of hydrogen-bond donors (Lipinski definition) is 0. The minimum atomic E-state index is -0.789. The molecule has 1 atom stereocenters. The number of unbranched alkanes of at least 4 members (excludes halogenated alkanes) is 29. The second-order valence-electron chi connectivity index (χ2n) is 19.2. The normalized spacial score (nSPS) is 12.6. The molecular weight excluding hydrogens is 841 g/mol. The predicted octanol–water partition coefficient (Wildman–Crippen LogP) is 19.4. The third-order valence-electron chi connectivity index (χ3n) is 12.4. The Morgan fingerprint density at radius 2 is 0.574 bits per heavy atom. The van der Waals surface area contributed by atoms with Crippen molar-refractivity contribution < 1.29 is 28.6 Å². The Morgan fingerprint density at radius 3 is 0.941 bits per heavy atom. The van der Waals surface area contributed by atoms with Crippen molar-refractivity contribution in [3.63, 3.8) is 0 Å². The number of hydrogen-bond acceptors (Lipinski definition) is 6. The highest BCUT2D eigenvalue weighted by atomic mass is 16.6. The van der Waals surface area contributed by atoms with Gasteiger partial charge >= 0.3 is 17.9 Å². The molecule has 0 unspecified atom stereocenters. The van der Waals surface area contributed by atoms with Crippen molar-refractivity contribution in [1.29, 1.82) is 0 Å². The van der Waals surface area contributed by atoms with Crippen molar-refractivity contribution >= 4 is 17.9 Å². The van der Waals surface area contributed by atoms with Crippen LogP contribution in [0.4, 0.5) is 0 Å². The van der Waals surface area contributed by atoms with Crippen molar-refractivity contribution in [3.8, 4) is 0 Å². The molecule has 6 heteroatoms. The Labute approximate surface area is 421 Å². The van der Waals surface area contributed by atoms with Crippen LogP contribution < -0.4 is 0 Å². The number of allylic oxidation sites excluding steroid dienone is 12. The van der Waals surface area contributed by atoms with Crippen molar-refractivity contribution in [2.24, 2.45) is 0 Å². The summed E-state index contributed by atoms with van der Waals surface area (Å²) in [5.74, 6) is -0.907. The van der Waals surface area contributed by atoms with Crippen molar-refractivity contribution in [1.82, 2.24) is 0 Å². The molecule has 0 saturated heterocycles. The number of esters is 3. The molecule has 0 rings (SSSR count). The number of carbonyl (C=O) groups is 3. The fraction of sp³-hybridized carbons (Fsp3) is 0.758. The van der Waals surface area contributed by atoms with Gasteiger partial charge in [-0.05, 0) is 109 Å². The predicted molar refractivity (Wildman–Crippen MR) is 293 cm³/mol. The van der Waals surface area contributed by atoms with Gasteiger partial charge in [-0.15, -0.1) is 0 Å². The second-order valence-corrected chi connectivity index (χ2v) is 19.2. The van der Waals surface area contributed by atoms with Gasteiger partial charge in [-0.1, -0.05) is 229 Å². The van der Waals surface area contributed by atoms with Crippen LogP contribution in [-0.4, -0.2) is 37.2 Å². The molecule has 0 aromatic carbocycles. The van der Waals surface area contributed by atoms with Crippen LogP contribution in [0.25, 0.3) is 0 Å². The minimum absolute atomic E-state index is 0.0860. The molecule has 0 aromatic heterocycles. The summed E-state index contributed by atoms with van der Waals surface area (Å²) in [5, 5.41) is 0. The third-order valence-corrected chi connectivity index (χ3v) is 12.4. The van der Waals surface area contributed by atoms with Gasteiger partial charge in [0.1, 0.15) is 13.2 Å². The first-order valence-corrected chi connectivity index (χ1v) is 28.9. The lowest BCUT2D eigenvalue weighted by atomic mass is 10.1. The van der Waals surface area contributed by atoms with Crippen molar-refractivity contribution in [3.05, 3.63) is 72.9 Å². The molecule has 0 spiro atoms. The van der Waals surface area contributed by atoms with Crippen LogP contribution in [0.1, 0.15) is 284 Å². The van der Waals surface area contributed by atoms with E-state index in [1.165, 1.54) is 128 Å². The summed E-state index contributed by atoms with van der Waals surface area (Å²) < 4.78 is 16.9. The second kappa shape index (κ2) is 56.4. The first-order valence-electron chi connectivity index (χ1n) is 28.9. The molecule has 0 aliphatic rings. The Hall–Kier alpha value is -3.15. The number of rotatable bonds is 52. The number of carbonyl (C=O) groups excluding carboxylic acids is 3. The molecule has 0 radical (unpaired) electrons. The molecule has 392 valence electrons. The van der Waals surface area contributed by atoms with E-state index in [0.717, 1.165) is 116 Å². The molecular formula is C62H108O6. The van der Waals surface area contributed by atoms with Crippen LogP contribution in [0.15, 0.2) is 72.9 Å². The molecule has 0 N–H and O–H groups in total. The van der Waals surface area contributed by atoms with E-state index >= 15 is 0 Å². The van der Waals surface area contributed by atoms with Gasteiger partial charge in [0.05, 0.1) is 0 Å². The zero-order valence-electron chi connectivity index (χ0n) is 44.9. The standard InChI is InChI=1S/C62H108O6/c1-4-7-10-13-16-19-22-25-28-30-31-32-35-37-40-43-46-49-52-55-61(64)67-58-59(57-66-60(63)54-51-48-45-42-39-36-33-27-24-21-18-15-12-9-6-3)68-62(65)56-53-50-47-44-41-38-34-29-26-23-20-17-14-11-8-5-2/h9,12,16,18-19,21,25,27-29,33-34,59H,4-8,10-11,13-15,17,20,22-24,26,30-32,35-58H2,1-3H3/b12-9-,19-16-,21-18-,28-25-,33-27-,34-29-/t59-/m1/s1. The molecule has 0 fully saturated rings. The molecule has 0 saturated carbocycles. The molecule has 0 aromatic rings. The molecule has 0 heterocycles. The van der Waals surface area contributed by atoms with E-state index in [0.29, 0.717) is 19.3 Å². The molecule has 6 nitrogen and oxygen atoms in total. The first kappa shape index (κ1) is 64.8. The summed E-state index contributed by atoms with van der Waals surface area (Å²) in [6, 6.07) is 0. The Morgan fingerprint density at radius 1 is 0.309 bits per heavy atom. The van der Waals surface area contributed by atoms with Gasteiger partial charge in [0, 0.05) is 19.3 Å². The maximum atomic E-state index is 12.9. The van der Waals surface area contributed by atoms with Gasteiger partial charge in [-0.3, -0.25) is 14.4 Å². The Bertz CT molecular complexity index is 1270. The highest BCUT2D eigenvalue weighted by Crippen LogP contribution is 2.15. The van der Waals surface area contributed by atoms with Gasteiger partial charge in [0.15, 0.2) is 6.10 Å². The van der Waals surface area contributed by atoms with Crippen molar-refractivity contribution in [2.45, 2.75) is 290 Å². The highest BCUT2D eigenvalue weighted by Gasteiger charge is 2.19. The number of ether oxygens (including phenoxy) is 3. The summed E-state index contributed by atoms with van der Waals surface area (Å²) >= 11 is 0. The third kappa shape index (κ3) is 53.8. The summed E-state index contributed by atoms with van der Waals surface area (Å²) in [6.07, 6.45) is 71.7. The smallest absolute Gasteiger partial charge is 0.306 e. The van der Waals surface area contributed by atoms with E-state index in [-0.39, 0.29) is 31.1 Å². The van der Waals surface area contributed by atoms with E-state index in [1.54, 1.807) is 0 Å². The Kier molecular flexibility index (Phi) is 53.8. The van der Waals surface area contributed by atoms with Crippen LogP contribution in [-0.2, 0) is 28.6 Å². The summed E-state index contributed by atoms with van der Waals surface area (Å²) in [4.78, 5) is 38.2. The SMILES string of the molecule is CC/C=C\C/C=C\C/C=C\CCCCCCCC(=O)OC[C@H](COC(=O)CCCCCCCCCCC/C=C\C/C=C\CCCCC)OC(=O)CCCCCCC/C=C\CCCCCCCCC. The maximum absolute atomic E-state index is 12.9. The minimum Gasteiger partial charge on any atom is -0.462 e. The average Bonchev–Trinajstić information content (AvgIpc) is 3.34. The van der Waals surface area contributed by atoms with Crippen LogP contribution in [0.2, 0.25) is 0 Å². The summed E-state index contributed by atoms with van der Waals surface area (Å²) in [7, 11) is 0. The topological polar surface area (TPSA) is 78.9 Å². The van der Waals surface area contributed by atoms with E-state index in [2.05, 4.69) is 93.7 Å². The molecule has 0 aliphatic carbocycles. The van der Waals surface area contributed by atoms with Crippen LogP contribution in [0.3, 0.4) is 0 Å². The monoisotopic (exact) mass is 949 g/mol. The molecule has 0 aliphatic heterocycles. The maximum Gasteiger partial charge on any atom is 0.306 e. The molecule has 0 amide bonds. The first-order chi connectivity index (χ1) is 33.5. The molecule has 68 heavy (non-hydrogen) atoms. The van der Waals surface area contributed by atoms with Crippen molar-refractivity contribution in [2.75, 3.05) is 13.2 Å². The van der Waals surface area contributed by atoms with Crippen LogP contribution in [0.5, 0.6) is 0 Å². The van der Waals surface area contributed by atoms with Gasteiger partial charge in [-0.2, -0.15) is 0 Å². The van der Waals surface area contributed by atoms with E-state index in [9.17, 15) is 14.4 Å². The van der Waals surface area contributed by atoms with E-state index in [4.69, 9.17) is 14.2 Å². The van der Waals surface area contributed by atoms with Crippen LogP contribution in [0, 0.1) is 0 Å². The molecule has 0 bridgehead atoms. The zero-order chi connectivity index (χ0) is 49.3. The fourth-order valence-electron chi connectivity index (χ4n) is 8.07. The fourth-order valence-corrected chi connectivity index (χ4v) is 8.07. The summed E-state index contributed by atoms with van der Waals surface area (Å²) in [6.45, 7) is 6.50.